The summed E-state index contributed by atoms with van der Waals surface area (Å²) >= 11 is 0. The highest BCUT2D eigenvalue weighted by Crippen LogP contribution is 2.26. The van der Waals surface area contributed by atoms with E-state index in [2.05, 4.69) is 19.1 Å². The summed E-state index contributed by atoms with van der Waals surface area (Å²) in [6.07, 6.45) is 9.68. The number of hydrogen-bond acceptors (Lipinski definition) is 14. The van der Waals surface area contributed by atoms with Crippen LogP contribution in [0.15, 0.2) is 12.2 Å². The van der Waals surface area contributed by atoms with Crippen molar-refractivity contribution in [1.82, 2.24) is 0 Å². The van der Waals surface area contributed by atoms with Gasteiger partial charge in [-0.05, 0) is 32.1 Å². The fourth-order valence-corrected chi connectivity index (χ4v) is 6.34. The number of aliphatic hydroxyl groups is 7. The van der Waals surface area contributed by atoms with Gasteiger partial charge in [0, 0.05) is 13.5 Å². The Bertz CT molecular complexity index is 922. The van der Waals surface area contributed by atoms with Crippen LogP contribution in [0.1, 0.15) is 123 Å². The van der Waals surface area contributed by atoms with Gasteiger partial charge in [0.2, 0.25) is 0 Å². The fraction of sp³-hybridized carbons (Fsp3) is 0.921. The second-order valence-electron chi connectivity index (χ2n) is 14.2. The summed E-state index contributed by atoms with van der Waals surface area (Å²) in [5.41, 5.74) is 0. The first kappa shape index (κ1) is 46.9. The van der Waals surface area contributed by atoms with E-state index in [1.54, 1.807) is 0 Å². The number of allylic oxidation sites excluding steroid dienone is 2. The van der Waals surface area contributed by atoms with E-state index < -0.39 is 86.7 Å². The number of unbranched alkanes of at least 4 members (excludes halogenated alkanes) is 15. The molecule has 2 heterocycles. The van der Waals surface area contributed by atoms with E-state index in [9.17, 15) is 40.5 Å². The van der Waals surface area contributed by atoms with E-state index in [0.717, 1.165) is 19.3 Å². The lowest BCUT2D eigenvalue weighted by Gasteiger charge is -2.42. The zero-order chi connectivity index (χ0) is 38.1. The lowest BCUT2D eigenvalue weighted by Crippen LogP contribution is -2.61. The number of ether oxygens (including phenoxy) is 6. The molecule has 306 valence electrons. The van der Waals surface area contributed by atoms with E-state index in [-0.39, 0.29) is 13.2 Å². The van der Waals surface area contributed by atoms with Crippen molar-refractivity contribution in [2.75, 3.05) is 33.0 Å². The first-order valence-electron chi connectivity index (χ1n) is 19.7. The van der Waals surface area contributed by atoms with E-state index >= 15 is 0 Å². The lowest BCUT2D eigenvalue weighted by atomic mass is 9.98. The molecule has 0 aliphatic carbocycles. The molecule has 2 aliphatic heterocycles. The second kappa shape index (κ2) is 28.2. The van der Waals surface area contributed by atoms with E-state index in [0.29, 0.717) is 6.61 Å². The third kappa shape index (κ3) is 18.4. The van der Waals surface area contributed by atoms with Crippen molar-refractivity contribution in [3.63, 3.8) is 0 Å². The molecule has 0 aromatic rings. The highest BCUT2D eigenvalue weighted by atomic mass is 16.7. The van der Waals surface area contributed by atoms with Crippen LogP contribution in [0, 0.1) is 0 Å². The van der Waals surface area contributed by atoms with Crippen LogP contribution in [-0.4, -0.2) is 142 Å². The average Bonchev–Trinajstić information content (AvgIpc) is 3.13. The molecule has 2 fully saturated rings. The first-order valence-corrected chi connectivity index (χ1v) is 19.7. The molecule has 7 N–H and O–H groups in total. The van der Waals surface area contributed by atoms with Gasteiger partial charge in [-0.25, -0.2) is 0 Å². The maximum Gasteiger partial charge on any atom is 0.303 e. The van der Waals surface area contributed by atoms with Crippen molar-refractivity contribution in [1.29, 1.82) is 0 Å². The van der Waals surface area contributed by atoms with Gasteiger partial charge in [-0.2, -0.15) is 0 Å². The quantitative estimate of drug-likeness (QED) is 0.0333. The average molecular weight is 751 g/mol. The molecular formula is C38H70O14. The lowest BCUT2D eigenvalue weighted by molar-refractivity contribution is -0.332. The number of hydrogen-bond donors (Lipinski definition) is 7. The largest absolute Gasteiger partial charge is 0.458 e. The van der Waals surface area contributed by atoms with Crippen molar-refractivity contribution >= 4 is 5.97 Å². The highest BCUT2D eigenvalue weighted by molar-refractivity contribution is 5.66. The van der Waals surface area contributed by atoms with Crippen LogP contribution in [0.25, 0.3) is 0 Å². The van der Waals surface area contributed by atoms with E-state index in [4.69, 9.17) is 28.4 Å². The molecule has 14 nitrogen and oxygen atoms in total. The maximum atomic E-state index is 11.7. The first-order chi connectivity index (χ1) is 25.1. The predicted molar refractivity (Wildman–Crippen MR) is 192 cm³/mol. The number of carbonyl (C=O) groups excluding carboxylic acids is 1. The van der Waals surface area contributed by atoms with Crippen LogP contribution >= 0.6 is 0 Å². The van der Waals surface area contributed by atoms with Crippen LogP contribution in [0.5, 0.6) is 0 Å². The molecule has 11 atom stereocenters. The van der Waals surface area contributed by atoms with Crippen molar-refractivity contribution in [2.24, 2.45) is 0 Å². The van der Waals surface area contributed by atoms with Gasteiger partial charge in [0.15, 0.2) is 12.6 Å². The fourth-order valence-electron chi connectivity index (χ4n) is 6.34. The molecular weight excluding hydrogens is 680 g/mol. The Kier molecular flexibility index (Phi) is 25.4. The Balaban J connectivity index is 1.58. The molecule has 2 rings (SSSR count). The van der Waals surface area contributed by atoms with Gasteiger partial charge >= 0.3 is 5.97 Å². The molecule has 0 spiro atoms. The molecule has 0 aromatic heterocycles. The molecule has 2 aliphatic rings. The molecule has 14 heteroatoms. The smallest absolute Gasteiger partial charge is 0.303 e. The molecule has 52 heavy (non-hydrogen) atoms. The summed E-state index contributed by atoms with van der Waals surface area (Å²) in [4.78, 5) is 11.7. The molecule has 11 unspecified atom stereocenters. The number of aliphatic hydroxyl groups excluding tert-OH is 7. The molecule has 0 aromatic carbocycles. The van der Waals surface area contributed by atoms with Crippen molar-refractivity contribution < 1.29 is 69.0 Å². The Morgan fingerprint density at radius 2 is 1.10 bits per heavy atom. The minimum atomic E-state index is -1.70. The van der Waals surface area contributed by atoms with Gasteiger partial charge in [-0.15, -0.1) is 0 Å². The standard InChI is InChI=1S/C38H70O14/c1-3-4-5-6-7-8-9-10-11-12-13-14-15-16-17-18-19-20-21-22-47-24-28(50-27(2)40)25-48-37-36(46)34(44)32(42)30(52-37)26-49-38-35(45)33(43)31(41)29(23-39)51-38/h11-12,28-39,41-46H,3-10,13-26H2,1-2H3/b12-11-. The van der Waals surface area contributed by atoms with E-state index in [1.165, 1.54) is 96.8 Å². The summed E-state index contributed by atoms with van der Waals surface area (Å²) in [6, 6.07) is 0. The third-order valence-corrected chi connectivity index (χ3v) is 9.57. The maximum absolute atomic E-state index is 11.7. The van der Waals surface area contributed by atoms with Crippen LogP contribution in [0.2, 0.25) is 0 Å². The van der Waals surface area contributed by atoms with Gasteiger partial charge in [0.05, 0.1) is 26.4 Å². The summed E-state index contributed by atoms with van der Waals surface area (Å²) in [5.74, 6) is -0.553. The van der Waals surface area contributed by atoms with Crippen LogP contribution in [-0.2, 0) is 33.2 Å². The summed E-state index contributed by atoms with van der Waals surface area (Å²) in [7, 11) is 0. The Morgan fingerprint density at radius 1 is 0.615 bits per heavy atom. The molecule has 2 saturated heterocycles. The van der Waals surface area contributed by atoms with Gasteiger partial charge in [0.1, 0.15) is 54.9 Å². The predicted octanol–water partition coefficient (Wildman–Crippen LogP) is 2.78. The van der Waals surface area contributed by atoms with Gasteiger partial charge < -0.3 is 64.2 Å². The topological polar surface area (TPSA) is 214 Å². The molecule has 0 radical (unpaired) electrons. The van der Waals surface area contributed by atoms with Crippen LogP contribution in [0.4, 0.5) is 0 Å². The normalized spacial score (nSPS) is 30.2. The minimum absolute atomic E-state index is 0.0463. The Labute approximate surface area is 310 Å². The van der Waals surface area contributed by atoms with Gasteiger partial charge in [-0.3, -0.25) is 4.79 Å². The molecule has 0 amide bonds. The zero-order valence-corrected chi connectivity index (χ0v) is 31.6. The second-order valence-corrected chi connectivity index (χ2v) is 14.2. The van der Waals surface area contributed by atoms with Crippen LogP contribution in [0.3, 0.4) is 0 Å². The number of esters is 1. The summed E-state index contributed by atoms with van der Waals surface area (Å²) in [6.45, 7) is 2.66. The summed E-state index contributed by atoms with van der Waals surface area (Å²) < 4.78 is 33.0. The third-order valence-electron chi connectivity index (χ3n) is 9.57. The SMILES string of the molecule is CCCCCCCCC/C=C\CCCCCCCCCCOCC(COC1OC(COC2OC(CO)C(O)C(O)C2O)C(O)C(O)C1O)OC(C)=O. The van der Waals surface area contributed by atoms with Crippen molar-refractivity contribution in [2.45, 2.75) is 191 Å². The monoisotopic (exact) mass is 750 g/mol. The molecule has 0 bridgehead atoms. The number of carbonyl (C=O) groups is 1. The van der Waals surface area contributed by atoms with Gasteiger partial charge in [-0.1, -0.05) is 96.1 Å². The van der Waals surface area contributed by atoms with E-state index in [1.807, 2.05) is 0 Å². The summed E-state index contributed by atoms with van der Waals surface area (Å²) in [5, 5.41) is 70.8. The zero-order valence-electron chi connectivity index (χ0n) is 31.6. The van der Waals surface area contributed by atoms with Crippen LogP contribution < -0.4 is 0 Å². The highest BCUT2D eigenvalue weighted by Gasteiger charge is 2.47. The van der Waals surface area contributed by atoms with Crippen molar-refractivity contribution in [3.8, 4) is 0 Å². The minimum Gasteiger partial charge on any atom is -0.458 e. The Morgan fingerprint density at radius 3 is 1.63 bits per heavy atom. The van der Waals surface area contributed by atoms with Crippen molar-refractivity contribution in [3.05, 3.63) is 12.2 Å². The number of rotatable bonds is 29. The Hall–Kier alpha value is -1.27. The van der Waals surface area contributed by atoms with Gasteiger partial charge in [0.25, 0.3) is 0 Å². The molecule has 0 saturated carbocycles.